The number of carboxylic acids is 1. The van der Waals surface area contributed by atoms with Crippen molar-refractivity contribution in [3.05, 3.63) is 24.8 Å². The van der Waals surface area contributed by atoms with Gasteiger partial charge in [0.05, 0.1) is 6.16 Å². The number of hydrogen-bond donors (Lipinski definition) is 3. The highest BCUT2D eigenvalue weighted by Crippen LogP contribution is 2.33. The lowest BCUT2D eigenvalue weighted by Gasteiger charge is -1.94. The van der Waals surface area contributed by atoms with Crippen LogP contribution < -0.4 is 0 Å². The van der Waals surface area contributed by atoms with Gasteiger partial charge in [-0.25, -0.2) is 4.79 Å². The lowest BCUT2D eigenvalue weighted by molar-refractivity contribution is -0.132. The Bertz CT molecular complexity index is 227. The zero-order valence-electron chi connectivity index (χ0n) is 7.30. The third-order valence-corrected chi connectivity index (χ3v) is 1.47. The van der Waals surface area contributed by atoms with E-state index in [2.05, 4.69) is 13.2 Å². The summed E-state index contributed by atoms with van der Waals surface area (Å²) < 4.78 is 9.85. The van der Waals surface area contributed by atoms with Gasteiger partial charge in [0.2, 0.25) is 0 Å². The van der Waals surface area contributed by atoms with Gasteiger partial charge in [-0.2, -0.15) is 0 Å². The van der Waals surface area contributed by atoms with E-state index in [0.717, 1.165) is 0 Å². The molecule has 0 saturated heterocycles. The van der Waals surface area contributed by atoms with Crippen molar-refractivity contribution in [3.8, 4) is 0 Å². The van der Waals surface area contributed by atoms with Crippen molar-refractivity contribution in [2.24, 2.45) is 0 Å². The van der Waals surface area contributed by atoms with Crippen LogP contribution in [-0.4, -0.2) is 27.0 Å². The van der Waals surface area contributed by atoms with E-state index < -0.39 is 13.6 Å². The summed E-state index contributed by atoms with van der Waals surface area (Å²) in [7, 11) is -3.78. The van der Waals surface area contributed by atoms with E-state index >= 15 is 0 Å². The summed E-state index contributed by atoms with van der Waals surface area (Å²) in [6.07, 6.45) is 0.966. The Hall–Kier alpha value is -0.900. The molecular weight excluding hydrogens is 195 g/mol. The largest absolute Gasteiger partial charge is 0.478 e. The van der Waals surface area contributed by atoms with Crippen LogP contribution in [0.25, 0.3) is 0 Å². The fraction of sp³-hybridized carbons (Fsp3) is 0.286. The Morgan fingerprint density at radius 1 is 1.54 bits per heavy atom. The quantitative estimate of drug-likeness (QED) is 0.365. The maximum Gasteiger partial charge on any atom is 0.330 e. The Kier molecular flexibility index (Phi) is 7.42. The van der Waals surface area contributed by atoms with Crippen molar-refractivity contribution in [1.82, 2.24) is 0 Å². The first-order valence-corrected chi connectivity index (χ1v) is 5.04. The number of carboxylic acid groups (broad SMARTS) is 1. The van der Waals surface area contributed by atoms with Gasteiger partial charge in [0.1, 0.15) is 0 Å². The molecular formula is C7H13O5P. The molecule has 0 rings (SSSR count). The standard InChI is InChI=1S/C4H6O2.C3H7O3P/c1-3(2)4(5)6;1-2-3-7(4,5)6/h1H2,2H3,(H,5,6);2H,1,3H2,(H2,4,5,6). The van der Waals surface area contributed by atoms with Crippen LogP contribution in [0, 0.1) is 0 Å². The zero-order chi connectivity index (χ0) is 11.1. The predicted octanol–water partition coefficient (Wildman–Crippen LogP) is 0.997. The summed E-state index contributed by atoms with van der Waals surface area (Å²) in [5.41, 5.74) is 0.176. The van der Waals surface area contributed by atoms with Crippen molar-refractivity contribution in [3.63, 3.8) is 0 Å². The molecule has 0 aliphatic heterocycles. The molecule has 0 aromatic carbocycles. The van der Waals surface area contributed by atoms with Gasteiger partial charge in [0.25, 0.3) is 0 Å². The molecule has 0 amide bonds. The van der Waals surface area contributed by atoms with Gasteiger partial charge in [-0.05, 0) is 6.92 Å². The lowest BCUT2D eigenvalue weighted by atomic mass is 10.4. The molecule has 0 bridgehead atoms. The van der Waals surface area contributed by atoms with Gasteiger partial charge >= 0.3 is 13.6 Å². The molecule has 0 saturated carbocycles. The summed E-state index contributed by atoms with van der Waals surface area (Å²) >= 11 is 0. The minimum Gasteiger partial charge on any atom is -0.478 e. The molecule has 3 N–H and O–H groups in total. The Morgan fingerprint density at radius 2 is 1.85 bits per heavy atom. The first-order valence-electron chi connectivity index (χ1n) is 3.25. The van der Waals surface area contributed by atoms with Gasteiger partial charge in [-0.15, -0.1) is 6.58 Å². The van der Waals surface area contributed by atoms with Crippen molar-refractivity contribution < 1.29 is 24.3 Å². The number of carbonyl (C=O) groups is 1. The molecule has 13 heavy (non-hydrogen) atoms. The molecule has 6 heteroatoms. The maximum atomic E-state index is 9.85. The van der Waals surface area contributed by atoms with Crippen LogP contribution in [-0.2, 0) is 9.36 Å². The predicted molar refractivity (Wildman–Crippen MR) is 49.6 cm³/mol. The van der Waals surface area contributed by atoms with Crippen molar-refractivity contribution in [2.45, 2.75) is 6.92 Å². The molecule has 5 nitrogen and oxygen atoms in total. The first-order chi connectivity index (χ1) is 5.70. The van der Waals surface area contributed by atoms with E-state index in [-0.39, 0.29) is 11.7 Å². The Morgan fingerprint density at radius 3 is 1.85 bits per heavy atom. The summed E-state index contributed by atoms with van der Waals surface area (Å²) in [6.45, 7) is 7.76. The SMILES string of the molecule is C=C(C)C(=O)O.C=CCP(=O)(O)O. The highest BCUT2D eigenvalue weighted by Gasteiger charge is 2.06. The topological polar surface area (TPSA) is 94.8 Å². The second-order valence-corrected chi connectivity index (χ2v) is 3.92. The van der Waals surface area contributed by atoms with Crippen LogP contribution >= 0.6 is 7.60 Å². The second kappa shape index (κ2) is 6.60. The van der Waals surface area contributed by atoms with E-state index in [1.807, 2.05) is 0 Å². The molecule has 0 fully saturated rings. The smallest absolute Gasteiger partial charge is 0.330 e. The molecule has 0 unspecified atom stereocenters. The van der Waals surface area contributed by atoms with E-state index in [0.29, 0.717) is 0 Å². The number of allylic oxidation sites excluding steroid dienone is 1. The number of rotatable bonds is 3. The number of aliphatic carboxylic acids is 1. The molecule has 0 atom stereocenters. The lowest BCUT2D eigenvalue weighted by Crippen LogP contribution is -1.92. The molecule has 0 radical (unpaired) electrons. The average Bonchev–Trinajstić information content (AvgIpc) is 1.85. The fourth-order valence-corrected chi connectivity index (χ4v) is 0.505. The van der Waals surface area contributed by atoms with Crippen molar-refractivity contribution in [1.29, 1.82) is 0 Å². The minimum atomic E-state index is -3.78. The second-order valence-electron chi connectivity index (χ2n) is 2.22. The normalized spacial score (nSPS) is 9.46. The zero-order valence-corrected chi connectivity index (χ0v) is 8.20. The maximum absolute atomic E-state index is 9.85. The summed E-state index contributed by atoms with van der Waals surface area (Å²) in [5.74, 6) is -0.935. The summed E-state index contributed by atoms with van der Waals surface area (Å²) in [6, 6.07) is 0. The molecule has 0 aromatic heterocycles. The van der Waals surface area contributed by atoms with E-state index in [1.54, 1.807) is 0 Å². The molecule has 0 heterocycles. The third kappa shape index (κ3) is 18.2. The highest BCUT2D eigenvalue weighted by atomic mass is 31.2. The van der Waals surface area contributed by atoms with Crippen LogP contribution in [0.15, 0.2) is 24.8 Å². The van der Waals surface area contributed by atoms with Crippen LogP contribution in [0.4, 0.5) is 0 Å². The fourth-order valence-electron chi connectivity index (χ4n) is 0.168. The molecule has 0 spiro atoms. The van der Waals surface area contributed by atoms with Crippen molar-refractivity contribution >= 4 is 13.6 Å². The molecule has 76 valence electrons. The Balaban J connectivity index is 0. The van der Waals surface area contributed by atoms with E-state index in [1.165, 1.54) is 13.0 Å². The molecule has 0 aromatic rings. The van der Waals surface area contributed by atoms with Crippen LogP contribution in [0.3, 0.4) is 0 Å². The van der Waals surface area contributed by atoms with E-state index in [9.17, 15) is 9.36 Å². The van der Waals surface area contributed by atoms with Gasteiger partial charge in [-0.1, -0.05) is 12.7 Å². The van der Waals surface area contributed by atoms with Gasteiger partial charge in [0.15, 0.2) is 0 Å². The Labute approximate surface area is 76.6 Å². The average molecular weight is 208 g/mol. The van der Waals surface area contributed by atoms with Crippen LogP contribution in [0.5, 0.6) is 0 Å². The summed E-state index contributed by atoms with van der Waals surface area (Å²) in [5, 5.41) is 7.89. The highest BCUT2D eigenvalue weighted by molar-refractivity contribution is 7.51. The monoisotopic (exact) mass is 208 g/mol. The van der Waals surface area contributed by atoms with Crippen LogP contribution in [0.2, 0.25) is 0 Å². The van der Waals surface area contributed by atoms with Gasteiger partial charge < -0.3 is 14.9 Å². The third-order valence-electron chi connectivity index (χ3n) is 0.732. The summed E-state index contributed by atoms with van der Waals surface area (Å²) in [4.78, 5) is 25.7. The molecule has 0 aliphatic carbocycles. The molecule has 0 aliphatic rings. The van der Waals surface area contributed by atoms with Crippen molar-refractivity contribution in [2.75, 3.05) is 6.16 Å². The van der Waals surface area contributed by atoms with Gasteiger partial charge in [0, 0.05) is 5.57 Å². The number of hydrogen-bond acceptors (Lipinski definition) is 2. The van der Waals surface area contributed by atoms with Crippen LogP contribution in [0.1, 0.15) is 6.92 Å². The first kappa shape index (κ1) is 14.6. The van der Waals surface area contributed by atoms with E-state index in [4.69, 9.17) is 14.9 Å². The minimum absolute atomic E-state index is 0.176. The van der Waals surface area contributed by atoms with Gasteiger partial charge in [-0.3, -0.25) is 4.57 Å².